The maximum Gasteiger partial charge on any atom is 0.259 e. The molecule has 0 saturated carbocycles. The van der Waals surface area contributed by atoms with Crippen LogP contribution < -0.4 is 15.7 Å². The van der Waals surface area contributed by atoms with Gasteiger partial charge < -0.3 is 19.4 Å². The fraction of sp³-hybridized carbons (Fsp3) is 0.308. The Kier molecular flexibility index (Phi) is 6.44. The smallest absolute Gasteiger partial charge is 0.259 e. The van der Waals surface area contributed by atoms with Gasteiger partial charge in [-0.25, -0.2) is 9.37 Å². The van der Waals surface area contributed by atoms with Gasteiger partial charge in [0.2, 0.25) is 0 Å². The van der Waals surface area contributed by atoms with Crippen LogP contribution in [0.15, 0.2) is 43.0 Å². The van der Waals surface area contributed by atoms with Crippen molar-refractivity contribution in [3.63, 3.8) is 0 Å². The minimum absolute atomic E-state index is 0.0226. The number of benzene rings is 1. The number of fused-ring (bicyclic) bond motifs is 1. The summed E-state index contributed by atoms with van der Waals surface area (Å²) in [6.07, 6.45) is 6.85. The third kappa shape index (κ3) is 4.68. The van der Waals surface area contributed by atoms with Crippen LogP contribution in [0.3, 0.4) is 0 Å². The Morgan fingerprint density at radius 1 is 1.24 bits per heavy atom. The van der Waals surface area contributed by atoms with Gasteiger partial charge in [0.1, 0.15) is 5.82 Å². The van der Waals surface area contributed by atoms with E-state index in [2.05, 4.69) is 35.6 Å². The first-order valence-electron chi connectivity index (χ1n) is 11.9. The number of nitriles is 1. The van der Waals surface area contributed by atoms with Crippen LogP contribution in [0.1, 0.15) is 36.7 Å². The number of nitrogens with one attached hydrogen (secondary N) is 1. The van der Waals surface area contributed by atoms with Gasteiger partial charge in [-0.2, -0.15) is 10.4 Å². The topological polar surface area (TPSA) is 100 Å². The van der Waals surface area contributed by atoms with E-state index >= 15 is 4.39 Å². The van der Waals surface area contributed by atoms with Gasteiger partial charge in [-0.15, -0.1) is 0 Å². The van der Waals surface area contributed by atoms with Crippen molar-refractivity contribution in [3.8, 4) is 17.2 Å². The van der Waals surface area contributed by atoms with E-state index < -0.39 is 11.7 Å². The van der Waals surface area contributed by atoms with Gasteiger partial charge >= 0.3 is 0 Å². The van der Waals surface area contributed by atoms with Crippen molar-refractivity contribution in [2.24, 2.45) is 0 Å². The molecule has 1 aliphatic rings. The monoisotopic (exact) mass is 519 g/mol. The highest BCUT2D eigenvalue weighted by Crippen LogP contribution is 2.33. The Balaban J connectivity index is 1.55. The number of hydrogen-bond acceptors (Lipinski definition) is 6. The zero-order valence-electron chi connectivity index (χ0n) is 20.8. The number of amides is 1. The van der Waals surface area contributed by atoms with Crippen LogP contribution in [0.2, 0.25) is 0 Å². The molecule has 5 rings (SSSR count). The lowest BCUT2D eigenvalue weighted by molar-refractivity contribution is 0.102. The SMILES string of the molecule is CC(C)(C)n1ncc(C(=O)Nc2cc(-c3cc(N4CCOCC4)c4nccn4c3)c(C#N)cc2F)c1P. The lowest BCUT2D eigenvalue weighted by Gasteiger charge is -2.29. The fourth-order valence-electron chi connectivity index (χ4n) is 4.46. The van der Waals surface area contributed by atoms with Gasteiger partial charge in [0.25, 0.3) is 5.91 Å². The number of nitrogens with zero attached hydrogens (tertiary/aromatic N) is 6. The van der Waals surface area contributed by atoms with Crippen molar-refractivity contribution < 1.29 is 13.9 Å². The Morgan fingerprint density at radius 3 is 2.68 bits per heavy atom. The molecule has 190 valence electrons. The summed E-state index contributed by atoms with van der Waals surface area (Å²) in [5.74, 6) is -1.19. The van der Waals surface area contributed by atoms with E-state index in [1.165, 1.54) is 12.3 Å². The molecule has 4 aromatic rings. The first-order valence-corrected chi connectivity index (χ1v) is 12.4. The number of imidazole rings is 1. The summed E-state index contributed by atoms with van der Waals surface area (Å²) in [7, 11) is 2.53. The van der Waals surface area contributed by atoms with Crippen LogP contribution in [-0.4, -0.2) is 51.4 Å². The van der Waals surface area contributed by atoms with Gasteiger partial charge in [-0.05, 0) is 39.0 Å². The van der Waals surface area contributed by atoms with Gasteiger partial charge in [0, 0.05) is 42.8 Å². The number of ether oxygens (including phenoxy) is 1. The van der Waals surface area contributed by atoms with E-state index in [-0.39, 0.29) is 16.8 Å². The molecule has 37 heavy (non-hydrogen) atoms. The molecule has 0 radical (unpaired) electrons. The number of hydrogen-bond donors (Lipinski definition) is 1. The third-order valence-corrected chi connectivity index (χ3v) is 6.85. The summed E-state index contributed by atoms with van der Waals surface area (Å²) in [5, 5.41) is 16.8. The normalized spacial score (nSPS) is 14.1. The lowest BCUT2D eigenvalue weighted by atomic mass is 9.99. The first-order chi connectivity index (χ1) is 17.7. The number of carbonyl (C=O) groups is 1. The number of morpholine rings is 1. The molecule has 1 N–H and O–H groups in total. The fourth-order valence-corrected chi connectivity index (χ4v) is 5.12. The number of rotatable bonds is 4. The lowest BCUT2D eigenvalue weighted by Crippen LogP contribution is -2.36. The molecule has 0 aliphatic carbocycles. The first kappa shape index (κ1) is 24.9. The Hall–Kier alpha value is -3.80. The average molecular weight is 520 g/mol. The van der Waals surface area contributed by atoms with Gasteiger partial charge in [0.05, 0.1) is 59.0 Å². The van der Waals surface area contributed by atoms with Crippen LogP contribution >= 0.6 is 9.24 Å². The summed E-state index contributed by atoms with van der Waals surface area (Å²) in [4.78, 5) is 19.8. The molecule has 1 saturated heterocycles. The van der Waals surface area contributed by atoms with Gasteiger partial charge in [0.15, 0.2) is 5.65 Å². The molecule has 1 aliphatic heterocycles. The summed E-state index contributed by atoms with van der Waals surface area (Å²) in [6.45, 7) is 8.56. The Labute approximate surface area is 216 Å². The van der Waals surface area contributed by atoms with Crippen LogP contribution in [0.4, 0.5) is 15.8 Å². The zero-order valence-corrected chi connectivity index (χ0v) is 22.0. The van der Waals surface area contributed by atoms with E-state index in [0.29, 0.717) is 48.4 Å². The second kappa shape index (κ2) is 9.58. The molecule has 1 aromatic carbocycles. The molecule has 1 amide bonds. The molecule has 0 bridgehead atoms. The minimum atomic E-state index is -0.695. The van der Waals surface area contributed by atoms with Crippen molar-refractivity contribution in [3.05, 3.63) is 59.9 Å². The van der Waals surface area contributed by atoms with Gasteiger partial charge in [-0.3, -0.25) is 9.48 Å². The molecule has 1 atom stereocenters. The predicted molar refractivity (Wildman–Crippen MR) is 143 cm³/mol. The van der Waals surface area contributed by atoms with E-state index in [0.717, 1.165) is 17.4 Å². The number of halogens is 1. The molecular formula is C26H27FN7O2P. The highest BCUT2D eigenvalue weighted by atomic mass is 31.0. The summed E-state index contributed by atoms with van der Waals surface area (Å²) in [5.41, 5.74) is 3.61. The van der Waals surface area contributed by atoms with Crippen molar-refractivity contribution in [1.29, 1.82) is 5.26 Å². The standard InChI is InChI=1S/C26H27FN7O2P/c1-26(2,3)34-25(37)19(14-30-34)24(35)31-21-12-18(16(13-28)10-20(21)27)17-11-22(32-6-8-36-9-7-32)23-29-4-5-33(23)15-17/h4-5,10-12,14-15H,6-9,37H2,1-3H3,(H,31,35). The largest absolute Gasteiger partial charge is 0.378 e. The van der Waals surface area contributed by atoms with Gasteiger partial charge in [-0.1, -0.05) is 9.24 Å². The number of carbonyl (C=O) groups excluding carboxylic acids is 1. The van der Waals surface area contributed by atoms with E-state index in [4.69, 9.17) is 4.74 Å². The maximum atomic E-state index is 15.0. The summed E-state index contributed by atoms with van der Waals surface area (Å²) in [6, 6.07) is 6.69. The quantitative estimate of drug-likeness (QED) is 0.414. The molecule has 4 heterocycles. The minimum Gasteiger partial charge on any atom is -0.378 e. The van der Waals surface area contributed by atoms with Crippen molar-refractivity contribution in [2.45, 2.75) is 26.3 Å². The predicted octanol–water partition coefficient (Wildman–Crippen LogP) is 3.55. The number of pyridine rings is 1. The van der Waals surface area contributed by atoms with E-state index in [9.17, 15) is 10.1 Å². The summed E-state index contributed by atoms with van der Waals surface area (Å²) < 4.78 is 24.1. The molecule has 11 heteroatoms. The third-order valence-electron chi connectivity index (χ3n) is 6.29. The second-order valence-electron chi connectivity index (χ2n) is 9.84. The van der Waals surface area contributed by atoms with Crippen molar-refractivity contribution >= 4 is 37.6 Å². The molecule has 3 aromatic heterocycles. The van der Waals surface area contributed by atoms with E-state index in [1.807, 2.05) is 43.6 Å². The van der Waals surface area contributed by atoms with Crippen molar-refractivity contribution in [1.82, 2.24) is 19.2 Å². The van der Waals surface area contributed by atoms with Crippen LogP contribution in [0.25, 0.3) is 16.8 Å². The Bertz CT molecular complexity index is 1540. The van der Waals surface area contributed by atoms with Crippen LogP contribution in [0.5, 0.6) is 0 Å². The highest BCUT2D eigenvalue weighted by molar-refractivity contribution is 7.27. The molecule has 1 unspecified atom stereocenters. The van der Waals surface area contributed by atoms with Crippen molar-refractivity contribution in [2.75, 3.05) is 36.5 Å². The maximum absolute atomic E-state index is 15.0. The van der Waals surface area contributed by atoms with Crippen LogP contribution in [0, 0.1) is 17.1 Å². The highest BCUT2D eigenvalue weighted by Gasteiger charge is 2.23. The number of aromatic nitrogens is 4. The van der Waals surface area contributed by atoms with Crippen LogP contribution in [-0.2, 0) is 10.3 Å². The zero-order chi connectivity index (χ0) is 26.3. The molecule has 0 spiro atoms. The number of anilines is 2. The van der Waals surface area contributed by atoms with E-state index in [1.54, 1.807) is 10.9 Å². The second-order valence-corrected chi connectivity index (χ2v) is 10.4. The Morgan fingerprint density at radius 2 is 2.00 bits per heavy atom. The molecule has 9 nitrogen and oxygen atoms in total. The average Bonchev–Trinajstić information content (AvgIpc) is 3.51. The summed E-state index contributed by atoms with van der Waals surface area (Å²) >= 11 is 0. The molecule has 1 fully saturated rings. The molecular weight excluding hydrogens is 492 g/mol.